The van der Waals surface area contributed by atoms with Crippen LogP contribution in [-0.2, 0) is 0 Å². The fourth-order valence-electron chi connectivity index (χ4n) is 2.06. The van der Waals surface area contributed by atoms with Crippen molar-refractivity contribution in [1.82, 2.24) is 5.01 Å². The van der Waals surface area contributed by atoms with Crippen LogP contribution in [0.2, 0.25) is 0 Å². The predicted molar refractivity (Wildman–Crippen MR) is 93.9 cm³/mol. The Morgan fingerprint density at radius 2 is 2.00 bits per heavy atom. The molecule has 1 heterocycles. The lowest BCUT2D eigenvalue weighted by molar-refractivity contribution is 0.378. The molecule has 3 nitrogen and oxygen atoms in total. The van der Waals surface area contributed by atoms with Crippen LogP contribution in [0, 0.1) is 0 Å². The maximum atomic E-state index is 4.78. The number of hydrogen-bond donors (Lipinski definition) is 0. The first kappa shape index (κ1) is 15.6. The summed E-state index contributed by atoms with van der Waals surface area (Å²) in [5.74, 6) is 0.826. The lowest BCUT2D eigenvalue weighted by Gasteiger charge is -2.20. The summed E-state index contributed by atoms with van der Waals surface area (Å²) in [7, 11) is 0. The van der Waals surface area contributed by atoms with Gasteiger partial charge in [0, 0.05) is 16.5 Å². The van der Waals surface area contributed by atoms with E-state index in [0.29, 0.717) is 0 Å². The van der Waals surface area contributed by atoms with Gasteiger partial charge in [0.05, 0.1) is 11.9 Å². The molecule has 0 fully saturated rings. The lowest BCUT2D eigenvalue weighted by atomic mass is 10.1. The summed E-state index contributed by atoms with van der Waals surface area (Å²) in [6.45, 7) is 10.2. The molecule has 0 amide bonds. The summed E-state index contributed by atoms with van der Waals surface area (Å²) in [6, 6.07) is 8.69. The Bertz CT molecular complexity index is 609. The second-order valence-corrected chi connectivity index (χ2v) is 5.93. The van der Waals surface area contributed by atoms with Crippen molar-refractivity contribution in [2.45, 2.75) is 31.7 Å². The Labute approximate surface area is 131 Å². The third kappa shape index (κ3) is 3.45. The van der Waals surface area contributed by atoms with Crippen LogP contribution in [0.25, 0.3) is 5.70 Å². The van der Waals surface area contributed by atoms with E-state index in [4.69, 9.17) is 4.99 Å². The smallest absolute Gasteiger partial charge is 0.158 e. The average Bonchev–Trinajstić information content (AvgIpc) is 2.86. The number of aliphatic imine (C=N–C) groups is 1. The van der Waals surface area contributed by atoms with Crippen LogP contribution in [0.4, 0.5) is 0 Å². The van der Waals surface area contributed by atoms with Gasteiger partial charge in [0.25, 0.3) is 0 Å². The standard InChI is InChI=1S/C17H21N3S/c1-6-16(14-7-9-15(21-5)10-8-14)19-17-13(4)11-18-20(17)12(2)3/h6-12H,4H2,1-3,5H3/b16-6-,19-17?. The highest BCUT2D eigenvalue weighted by Gasteiger charge is 2.21. The molecule has 0 saturated heterocycles. The molecule has 0 spiro atoms. The Balaban J connectivity index is 2.33. The van der Waals surface area contributed by atoms with Gasteiger partial charge in [0.2, 0.25) is 0 Å². The molecule has 0 aromatic heterocycles. The average molecular weight is 299 g/mol. The fourth-order valence-corrected chi connectivity index (χ4v) is 2.47. The van der Waals surface area contributed by atoms with Crippen LogP contribution < -0.4 is 0 Å². The number of hydrogen-bond acceptors (Lipinski definition) is 3. The van der Waals surface area contributed by atoms with Crippen molar-refractivity contribution in [3.8, 4) is 0 Å². The third-order valence-electron chi connectivity index (χ3n) is 3.22. The Hall–Kier alpha value is -1.81. The number of rotatable bonds is 4. The zero-order valence-corrected chi connectivity index (χ0v) is 13.8. The molecule has 2 rings (SSSR count). The van der Waals surface area contributed by atoms with Gasteiger partial charge in [-0.2, -0.15) is 5.10 Å². The zero-order valence-electron chi connectivity index (χ0n) is 13.0. The van der Waals surface area contributed by atoms with Crippen LogP contribution in [0.15, 0.2) is 57.5 Å². The van der Waals surface area contributed by atoms with Gasteiger partial charge in [-0.3, -0.25) is 0 Å². The molecule has 0 bridgehead atoms. The molecule has 0 unspecified atom stereocenters. The van der Waals surface area contributed by atoms with E-state index >= 15 is 0 Å². The highest BCUT2D eigenvalue weighted by molar-refractivity contribution is 7.98. The van der Waals surface area contributed by atoms with Gasteiger partial charge in [0.15, 0.2) is 5.84 Å². The zero-order chi connectivity index (χ0) is 15.4. The molecular formula is C17H21N3S. The molecule has 0 N–H and O–H groups in total. The molecule has 0 radical (unpaired) electrons. The maximum absolute atomic E-state index is 4.78. The quantitative estimate of drug-likeness (QED) is 0.769. The third-order valence-corrected chi connectivity index (χ3v) is 3.96. The van der Waals surface area contributed by atoms with E-state index in [1.54, 1.807) is 18.0 Å². The number of thioether (sulfide) groups is 1. The van der Waals surface area contributed by atoms with Crippen molar-refractivity contribution < 1.29 is 0 Å². The van der Waals surface area contributed by atoms with E-state index < -0.39 is 0 Å². The summed E-state index contributed by atoms with van der Waals surface area (Å²) in [5, 5.41) is 6.26. The molecule has 0 aliphatic carbocycles. The van der Waals surface area contributed by atoms with Gasteiger partial charge in [-0.25, -0.2) is 10.0 Å². The minimum absolute atomic E-state index is 0.260. The van der Waals surface area contributed by atoms with Crippen LogP contribution in [0.1, 0.15) is 26.3 Å². The number of benzene rings is 1. The molecule has 4 heteroatoms. The van der Waals surface area contributed by atoms with E-state index in [-0.39, 0.29) is 6.04 Å². The molecule has 0 saturated carbocycles. The van der Waals surface area contributed by atoms with E-state index in [9.17, 15) is 0 Å². The molecule has 1 aliphatic heterocycles. The van der Waals surface area contributed by atoms with Crippen molar-refractivity contribution in [1.29, 1.82) is 0 Å². The fraction of sp³-hybridized carbons (Fsp3) is 0.294. The van der Waals surface area contributed by atoms with Crippen molar-refractivity contribution in [3.63, 3.8) is 0 Å². The SMILES string of the molecule is C=C1C=NN(C(C)C)C1=N/C(=C\C)c1ccc(SC)cc1. The van der Waals surface area contributed by atoms with Gasteiger partial charge in [-0.05, 0) is 44.7 Å². The number of nitrogens with zero attached hydrogens (tertiary/aromatic N) is 3. The topological polar surface area (TPSA) is 28.0 Å². The first-order chi connectivity index (χ1) is 10.1. The van der Waals surface area contributed by atoms with E-state index in [0.717, 1.165) is 22.7 Å². The lowest BCUT2D eigenvalue weighted by Crippen LogP contribution is -2.29. The first-order valence-corrected chi connectivity index (χ1v) is 8.21. The molecular weight excluding hydrogens is 278 g/mol. The minimum Gasteiger partial charge on any atom is -0.245 e. The Morgan fingerprint density at radius 1 is 1.33 bits per heavy atom. The second-order valence-electron chi connectivity index (χ2n) is 5.05. The largest absolute Gasteiger partial charge is 0.245 e. The molecule has 110 valence electrons. The van der Waals surface area contributed by atoms with Gasteiger partial charge in [0.1, 0.15) is 0 Å². The van der Waals surface area contributed by atoms with Crippen LogP contribution in [-0.4, -0.2) is 29.4 Å². The van der Waals surface area contributed by atoms with Crippen molar-refractivity contribution in [2.75, 3.05) is 6.26 Å². The van der Waals surface area contributed by atoms with Crippen molar-refractivity contribution in [3.05, 3.63) is 48.1 Å². The minimum atomic E-state index is 0.260. The summed E-state index contributed by atoms with van der Waals surface area (Å²) in [4.78, 5) is 6.03. The first-order valence-electron chi connectivity index (χ1n) is 6.98. The monoisotopic (exact) mass is 299 g/mol. The molecule has 21 heavy (non-hydrogen) atoms. The van der Waals surface area contributed by atoms with Crippen LogP contribution in [0.5, 0.6) is 0 Å². The maximum Gasteiger partial charge on any atom is 0.158 e. The summed E-state index contributed by atoms with van der Waals surface area (Å²) in [5.41, 5.74) is 2.89. The highest BCUT2D eigenvalue weighted by atomic mass is 32.2. The highest BCUT2D eigenvalue weighted by Crippen LogP contribution is 2.23. The molecule has 1 aliphatic rings. The number of allylic oxidation sites excluding steroid dienone is 1. The summed E-state index contributed by atoms with van der Waals surface area (Å²) < 4.78 is 0. The number of hydrazone groups is 1. The number of amidine groups is 1. The normalized spacial score (nSPS) is 17.4. The summed E-state index contributed by atoms with van der Waals surface area (Å²) >= 11 is 1.74. The molecule has 1 aromatic rings. The van der Waals surface area contributed by atoms with Gasteiger partial charge in [-0.15, -0.1) is 11.8 Å². The molecule has 0 atom stereocenters. The van der Waals surface area contributed by atoms with Crippen LogP contribution in [0.3, 0.4) is 0 Å². The Kier molecular flexibility index (Phi) is 5.02. The predicted octanol–water partition coefficient (Wildman–Crippen LogP) is 4.43. The van der Waals surface area contributed by atoms with Gasteiger partial charge in [-0.1, -0.05) is 24.8 Å². The van der Waals surface area contributed by atoms with E-state index in [2.05, 4.69) is 56.0 Å². The van der Waals surface area contributed by atoms with Crippen LogP contribution >= 0.6 is 11.8 Å². The van der Waals surface area contributed by atoms with Gasteiger partial charge < -0.3 is 0 Å². The van der Waals surface area contributed by atoms with E-state index in [1.165, 1.54) is 4.90 Å². The Morgan fingerprint density at radius 3 is 2.52 bits per heavy atom. The second kappa shape index (κ2) is 6.76. The summed E-state index contributed by atoms with van der Waals surface area (Å²) in [6.07, 6.45) is 5.86. The van der Waals surface area contributed by atoms with Crippen molar-refractivity contribution in [2.24, 2.45) is 10.1 Å². The van der Waals surface area contributed by atoms with Crippen molar-refractivity contribution >= 4 is 29.5 Å². The van der Waals surface area contributed by atoms with E-state index in [1.807, 2.05) is 18.0 Å². The van der Waals surface area contributed by atoms with Gasteiger partial charge >= 0.3 is 0 Å². The molecule has 1 aromatic carbocycles.